The van der Waals surface area contributed by atoms with E-state index in [-0.39, 0.29) is 11.7 Å². The third-order valence-corrected chi connectivity index (χ3v) is 3.36. The lowest BCUT2D eigenvalue weighted by molar-refractivity contribution is 0.419. The average molecular weight is 261 g/mol. The Morgan fingerprint density at radius 3 is 2.68 bits per heavy atom. The average Bonchev–Trinajstić information content (AvgIpc) is 2.97. The number of halogens is 1. The lowest BCUT2D eigenvalue weighted by Crippen LogP contribution is -2.04. The molecule has 19 heavy (non-hydrogen) atoms. The van der Waals surface area contributed by atoms with Gasteiger partial charge in [0.2, 0.25) is 0 Å². The summed E-state index contributed by atoms with van der Waals surface area (Å²) in [5, 5.41) is 7.13. The van der Waals surface area contributed by atoms with Gasteiger partial charge in [0.05, 0.1) is 0 Å². The third-order valence-electron chi connectivity index (χ3n) is 3.36. The van der Waals surface area contributed by atoms with E-state index in [1.165, 1.54) is 12.1 Å². The fraction of sp³-hybridized carbons (Fsp3) is 0.429. The molecule has 3 rings (SSSR count). The Labute approximate surface area is 111 Å². The van der Waals surface area contributed by atoms with E-state index in [2.05, 4.69) is 15.5 Å². The van der Waals surface area contributed by atoms with Gasteiger partial charge in [0.1, 0.15) is 5.82 Å². The molecular weight excluding hydrogens is 245 g/mol. The van der Waals surface area contributed by atoms with Crippen molar-refractivity contribution in [3.63, 3.8) is 0 Å². The van der Waals surface area contributed by atoms with Crippen LogP contribution in [0.15, 0.2) is 28.8 Å². The number of hydrogen-bond donors (Lipinski definition) is 1. The highest BCUT2D eigenvalue weighted by Crippen LogP contribution is 2.42. The van der Waals surface area contributed by atoms with Crippen LogP contribution in [0.2, 0.25) is 0 Å². The molecule has 0 bridgehead atoms. The summed E-state index contributed by atoms with van der Waals surface area (Å²) >= 11 is 0. The quantitative estimate of drug-likeness (QED) is 0.917. The highest BCUT2D eigenvalue weighted by molar-refractivity contribution is 5.35. The number of nitrogens with one attached hydrogen (secondary N) is 1. The van der Waals surface area contributed by atoms with Crippen molar-refractivity contribution in [2.75, 3.05) is 5.32 Å². The van der Waals surface area contributed by atoms with Gasteiger partial charge < -0.3 is 9.84 Å². The van der Waals surface area contributed by atoms with Crippen molar-refractivity contribution in [2.24, 2.45) is 0 Å². The Morgan fingerprint density at radius 2 is 2.05 bits per heavy atom. The van der Waals surface area contributed by atoms with Crippen molar-refractivity contribution in [1.29, 1.82) is 0 Å². The van der Waals surface area contributed by atoms with E-state index in [1.54, 1.807) is 0 Å². The van der Waals surface area contributed by atoms with Crippen molar-refractivity contribution in [1.82, 2.24) is 10.1 Å². The van der Waals surface area contributed by atoms with Crippen LogP contribution in [-0.2, 0) is 0 Å². The van der Waals surface area contributed by atoms with Crippen LogP contribution in [0.5, 0.6) is 0 Å². The number of benzene rings is 1. The second kappa shape index (κ2) is 4.64. The zero-order valence-corrected chi connectivity index (χ0v) is 10.9. The normalized spacial score (nSPS) is 21.7. The molecule has 1 heterocycles. The molecule has 0 unspecified atom stereocenters. The first-order chi connectivity index (χ1) is 9.13. The number of nitrogens with zero attached hydrogens (tertiary/aromatic N) is 2. The van der Waals surface area contributed by atoms with Crippen LogP contribution in [-0.4, -0.2) is 16.2 Å². The van der Waals surface area contributed by atoms with E-state index >= 15 is 0 Å². The van der Waals surface area contributed by atoms with Crippen molar-refractivity contribution >= 4 is 6.01 Å². The van der Waals surface area contributed by atoms with Crippen molar-refractivity contribution in [2.45, 2.75) is 38.1 Å². The molecule has 1 aromatic heterocycles. The van der Waals surface area contributed by atoms with Crippen molar-refractivity contribution < 1.29 is 8.91 Å². The topological polar surface area (TPSA) is 51.0 Å². The van der Waals surface area contributed by atoms with Crippen LogP contribution in [0.1, 0.15) is 43.5 Å². The number of aromatic nitrogens is 2. The van der Waals surface area contributed by atoms with E-state index in [0.29, 0.717) is 23.8 Å². The molecule has 0 saturated heterocycles. The van der Waals surface area contributed by atoms with Gasteiger partial charge in [-0.15, -0.1) is 0 Å². The largest absolute Gasteiger partial charge is 0.334 e. The van der Waals surface area contributed by atoms with Crippen LogP contribution in [0.4, 0.5) is 10.4 Å². The maximum atomic E-state index is 12.8. The smallest absolute Gasteiger partial charge is 0.321 e. The zero-order chi connectivity index (χ0) is 13.4. The standard InChI is InChI=1S/C14H16FN3O/c1-8(2)13-17-14(19-18-13)16-12-7-11(12)9-3-5-10(15)6-4-9/h3-6,8,11-12H,7H2,1-2H3,(H,16,17,18)/t11-,12+/m0/s1. The van der Waals surface area contributed by atoms with Gasteiger partial charge in [-0.2, -0.15) is 4.98 Å². The lowest BCUT2D eigenvalue weighted by atomic mass is 10.1. The summed E-state index contributed by atoms with van der Waals surface area (Å²) in [6.45, 7) is 4.04. The molecule has 2 atom stereocenters. The van der Waals surface area contributed by atoms with Crippen molar-refractivity contribution in [3.05, 3.63) is 41.5 Å². The monoisotopic (exact) mass is 261 g/mol. The Kier molecular flexibility index (Phi) is 2.97. The highest BCUT2D eigenvalue weighted by Gasteiger charge is 2.39. The predicted molar refractivity (Wildman–Crippen MR) is 69.6 cm³/mol. The minimum Gasteiger partial charge on any atom is -0.334 e. The molecule has 4 nitrogen and oxygen atoms in total. The summed E-state index contributed by atoms with van der Waals surface area (Å²) in [5.41, 5.74) is 1.14. The van der Waals surface area contributed by atoms with E-state index in [1.807, 2.05) is 26.0 Å². The lowest BCUT2D eigenvalue weighted by Gasteiger charge is -2.01. The van der Waals surface area contributed by atoms with Gasteiger partial charge in [-0.25, -0.2) is 4.39 Å². The molecule has 1 fully saturated rings. The Morgan fingerprint density at radius 1 is 1.32 bits per heavy atom. The summed E-state index contributed by atoms with van der Waals surface area (Å²) in [5.74, 6) is 1.16. The van der Waals surface area contributed by atoms with E-state index < -0.39 is 0 Å². The fourth-order valence-corrected chi connectivity index (χ4v) is 2.12. The summed E-state index contributed by atoms with van der Waals surface area (Å²) in [6.07, 6.45) is 1.00. The van der Waals surface area contributed by atoms with Gasteiger partial charge in [0.25, 0.3) is 0 Å². The maximum Gasteiger partial charge on any atom is 0.321 e. The van der Waals surface area contributed by atoms with E-state index in [4.69, 9.17) is 4.52 Å². The van der Waals surface area contributed by atoms with Gasteiger partial charge in [0.15, 0.2) is 5.82 Å². The summed E-state index contributed by atoms with van der Waals surface area (Å²) < 4.78 is 18.0. The Hall–Kier alpha value is -1.91. The first kappa shape index (κ1) is 12.1. The van der Waals surface area contributed by atoms with Crippen molar-refractivity contribution in [3.8, 4) is 0 Å². The zero-order valence-electron chi connectivity index (χ0n) is 10.9. The van der Waals surface area contributed by atoms with Crippen LogP contribution in [0.25, 0.3) is 0 Å². The second-order valence-electron chi connectivity index (χ2n) is 5.26. The molecule has 1 saturated carbocycles. The first-order valence-corrected chi connectivity index (χ1v) is 6.49. The summed E-state index contributed by atoms with van der Waals surface area (Å²) in [4.78, 5) is 4.28. The molecule has 0 spiro atoms. The van der Waals surface area contributed by atoms with Crippen LogP contribution in [0, 0.1) is 5.82 Å². The Balaban J connectivity index is 1.62. The number of hydrogen-bond acceptors (Lipinski definition) is 4. The highest BCUT2D eigenvalue weighted by atomic mass is 19.1. The molecule has 100 valence electrons. The third kappa shape index (κ3) is 2.59. The molecule has 2 aromatic rings. The van der Waals surface area contributed by atoms with Gasteiger partial charge >= 0.3 is 6.01 Å². The fourth-order valence-electron chi connectivity index (χ4n) is 2.12. The van der Waals surface area contributed by atoms with Crippen LogP contribution >= 0.6 is 0 Å². The molecule has 1 aliphatic rings. The molecule has 5 heteroatoms. The number of anilines is 1. The maximum absolute atomic E-state index is 12.8. The molecule has 1 aromatic carbocycles. The van der Waals surface area contributed by atoms with Gasteiger partial charge in [0, 0.05) is 17.9 Å². The summed E-state index contributed by atoms with van der Waals surface area (Å²) in [6, 6.07) is 7.41. The second-order valence-corrected chi connectivity index (χ2v) is 5.26. The predicted octanol–water partition coefficient (Wildman–Crippen LogP) is 3.30. The van der Waals surface area contributed by atoms with Gasteiger partial charge in [-0.3, -0.25) is 0 Å². The van der Waals surface area contributed by atoms with E-state index in [9.17, 15) is 4.39 Å². The molecular formula is C14H16FN3O. The van der Waals surface area contributed by atoms with E-state index in [0.717, 1.165) is 12.0 Å². The number of rotatable bonds is 4. The molecule has 1 N–H and O–H groups in total. The Bertz CT molecular complexity index is 564. The molecule has 0 aliphatic heterocycles. The first-order valence-electron chi connectivity index (χ1n) is 6.49. The SMILES string of the molecule is CC(C)c1noc(N[C@@H]2C[C@H]2c2ccc(F)cc2)n1. The minimum atomic E-state index is -0.201. The molecule has 0 radical (unpaired) electrons. The molecule has 0 amide bonds. The summed E-state index contributed by atoms with van der Waals surface area (Å²) in [7, 11) is 0. The van der Waals surface area contributed by atoms with Gasteiger partial charge in [-0.1, -0.05) is 31.1 Å². The van der Waals surface area contributed by atoms with Crippen LogP contribution < -0.4 is 5.32 Å². The molecule has 1 aliphatic carbocycles. The van der Waals surface area contributed by atoms with Crippen LogP contribution in [0.3, 0.4) is 0 Å². The van der Waals surface area contributed by atoms with Gasteiger partial charge in [-0.05, 0) is 24.1 Å². The minimum absolute atomic E-state index is 0.201.